The van der Waals surface area contributed by atoms with Crippen LogP contribution in [-0.4, -0.2) is 47.9 Å². The van der Waals surface area contributed by atoms with Gasteiger partial charge in [0.2, 0.25) is 0 Å². The first-order chi connectivity index (χ1) is 13.6. The molecule has 2 aromatic rings. The number of benzene rings is 2. The molecular formula is C23H29N3O2. The van der Waals surface area contributed by atoms with E-state index in [9.17, 15) is 9.59 Å². The lowest BCUT2D eigenvalue weighted by atomic mass is 9.99. The van der Waals surface area contributed by atoms with Gasteiger partial charge < -0.3 is 15.1 Å². The number of carbonyl (C=O) groups excluding carboxylic acids is 2. The van der Waals surface area contributed by atoms with E-state index in [1.165, 1.54) is 5.56 Å². The highest BCUT2D eigenvalue weighted by molar-refractivity contribution is 5.94. The molecule has 3 rings (SSSR count). The minimum Gasteiger partial charge on any atom is -0.339 e. The maximum Gasteiger partial charge on any atom is 0.317 e. The molecule has 1 heterocycles. The molecule has 28 heavy (non-hydrogen) atoms. The van der Waals surface area contributed by atoms with E-state index in [0.717, 1.165) is 25.1 Å². The molecule has 1 aliphatic rings. The number of amides is 3. The Hall–Kier alpha value is -2.82. The van der Waals surface area contributed by atoms with E-state index in [1.54, 1.807) is 4.90 Å². The summed E-state index contributed by atoms with van der Waals surface area (Å²) in [6, 6.07) is 17.8. The van der Waals surface area contributed by atoms with Crippen LogP contribution in [0.4, 0.5) is 4.79 Å². The third-order valence-electron chi connectivity index (χ3n) is 5.44. The summed E-state index contributed by atoms with van der Waals surface area (Å²) in [4.78, 5) is 28.5. The molecule has 0 aromatic heterocycles. The standard InChI is InChI=1S/C23H29N3O2/c1-3-25(4-2)22(27)20-12-10-18(11-13-20)16-24-23(28)26-15-14-21(17-26)19-8-6-5-7-9-19/h5-13,21H,3-4,14-17H2,1-2H3,(H,24,28). The number of rotatable bonds is 6. The Morgan fingerprint density at radius 2 is 1.71 bits per heavy atom. The Morgan fingerprint density at radius 1 is 1.04 bits per heavy atom. The Labute approximate surface area is 167 Å². The van der Waals surface area contributed by atoms with E-state index in [4.69, 9.17) is 0 Å². The molecule has 1 fully saturated rings. The first kappa shape index (κ1) is 19.9. The van der Waals surface area contributed by atoms with Crippen molar-refractivity contribution in [2.45, 2.75) is 32.7 Å². The van der Waals surface area contributed by atoms with Crippen molar-refractivity contribution in [2.75, 3.05) is 26.2 Å². The zero-order valence-corrected chi connectivity index (χ0v) is 16.7. The maximum atomic E-state index is 12.5. The smallest absolute Gasteiger partial charge is 0.317 e. The van der Waals surface area contributed by atoms with Gasteiger partial charge in [-0.3, -0.25) is 4.79 Å². The van der Waals surface area contributed by atoms with Gasteiger partial charge >= 0.3 is 6.03 Å². The molecule has 148 valence electrons. The lowest BCUT2D eigenvalue weighted by Crippen LogP contribution is -2.38. The quantitative estimate of drug-likeness (QED) is 0.828. The van der Waals surface area contributed by atoms with Crippen LogP contribution in [0.15, 0.2) is 54.6 Å². The van der Waals surface area contributed by atoms with Gasteiger partial charge in [-0.15, -0.1) is 0 Å². The van der Waals surface area contributed by atoms with Gasteiger partial charge in [0.1, 0.15) is 0 Å². The van der Waals surface area contributed by atoms with Crippen molar-refractivity contribution < 1.29 is 9.59 Å². The van der Waals surface area contributed by atoms with Crippen molar-refractivity contribution in [2.24, 2.45) is 0 Å². The van der Waals surface area contributed by atoms with Crippen LogP contribution in [-0.2, 0) is 6.54 Å². The highest BCUT2D eigenvalue weighted by atomic mass is 16.2. The van der Waals surface area contributed by atoms with E-state index in [-0.39, 0.29) is 11.9 Å². The number of hydrogen-bond donors (Lipinski definition) is 1. The fraction of sp³-hybridized carbons (Fsp3) is 0.391. The molecule has 1 aliphatic heterocycles. The van der Waals surface area contributed by atoms with Crippen LogP contribution in [0.25, 0.3) is 0 Å². The summed E-state index contributed by atoms with van der Waals surface area (Å²) in [7, 11) is 0. The van der Waals surface area contributed by atoms with Gasteiger partial charge in [0.25, 0.3) is 5.91 Å². The van der Waals surface area contributed by atoms with Crippen LogP contribution in [0, 0.1) is 0 Å². The molecule has 1 unspecified atom stereocenters. The van der Waals surface area contributed by atoms with Crippen LogP contribution in [0.1, 0.15) is 47.7 Å². The summed E-state index contributed by atoms with van der Waals surface area (Å²) < 4.78 is 0. The second-order valence-corrected chi connectivity index (χ2v) is 7.18. The highest BCUT2D eigenvalue weighted by Crippen LogP contribution is 2.26. The molecular weight excluding hydrogens is 350 g/mol. The fourth-order valence-corrected chi connectivity index (χ4v) is 3.69. The van der Waals surface area contributed by atoms with E-state index >= 15 is 0 Å². The molecule has 0 aliphatic carbocycles. The molecule has 0 saturated carbocycles. The van der Waals surface area contributed by atoms with Gasteiger partial charge in [-0.2, -0.15) is 0 Å². The van der Waals surface area contributed by atoms with Crippen molar-refractivity contribution in [3.63, 3.8) is 0 Å². The first-order valence-electron chi connectivity index (χ1n) is 10.1. The molecule has 1 saturated heterocycles. The van der Waals surface area contributed by atoms with Crippen molar-refractivity contribution >= 4 is 11.9 Å². The average molecular weight is 380 g/mol. The molecule has 0 radical (unpaired) electrons. The summed E-state index contributed by atoms with van der Waals surface area (Å²) >= 11 is 0. The average Bonchev–Trinajstić information content (AvgIpc) is 3.24. The van der Waals surface area contributed by atoms with E-state index < -0.39 is 0 Å². The van der Waals surface area contributed by atoms with Crippen molar-refractivity contribution in [3.8, 4) is 0 Å². The first-order valence-corrected chi connectivity index (χ1v) is 10.1. The number of hydrogen-bond acceptors (Lipinski definition) is 2. The molecule has 1 N–H and O–H groups in total. The maximum absolute atomic E-state index is 12.5. The van der Waals surface area contributed by atoms with Crippen LogP contribution in [0.5, 0.6) is 0 Å². The SMILES string of the molecule is CCN(CC)C(=O)c1ccc(CNC(=O)N2CCC(c3ccccc3)C2)cc1. The van der Waals surface area contributed by atoms with Gasteiger partial charge in [-0.25, -0.2) is 4.79 Å². The molecule has 0 bridgehead atoms. The van der Waals surface area contributed by atoms with Crippen molar-refractivity contribution in [3.05, 3.63) is 71.3 Å². The fourth-order valence-electron chi connectivity index (χ4n) is 3.69. The van der Waals surface area contributed by atoms with Crippen molar-refractivity contribution in [1.82, 2.24) is 15.1 Å². The normalized spacial score (nSPS) is 16.1. The largest absolute Gasteiger partial charge is 0.339 e. The second kappa shape index (κ2) is 9.40. The monoisotopic (exact) mass is 379 g/mol. The molecule has 5 nitrogen and oxygen atoms in total. The Bertz CT molecular complexity index is 785. The number of nitrogens with zero attached hydrogens (tertiary/aromatic N) is 2. The predicted octanol–water partition coefficient (Wildman–Crippen LogP) is 3.87. The van der Waals surface area contributed by atoms with Gasteiger partial charge in [-0.1, -0.05) is 42.5 Å². The van der Waals surface area contributed by atoms with Gasteiger partial charge in [0.05, 0.1) is 0 Å². The number of nitrogens with one attached hydrogen (secondary N) is 1. The number of likely N-dealkylation sites (tertiary alicyclic amines) is 1. The third kappa shape index (κ3) is 4.71. The van der Waals surface area contributed by atoms with E-state index in [0.29, 0.717) is 31.1 Å². The summed E-state index contributed by atoms with van der Waals surface area (Å²) in [5.74, 6) is 0.460. The van der Waals surface area contributed by atoms with Crippen LogP contribution < -0.4 is 5.32 Å². The molecule has 0 spiro atoms. The lowest BCUT2D eigenvalue weighted by Gasteiger charge is -2.19. The topological polar surface area (TPSA) is 52.7 Å². The van der Waals surface area contributed by atoms with Gasteiger partial charge in [-0.05, 0) is 43.5 Å². The molecule has 5 heteroatoms. The minimum atomic E-state index is -0.0262. The zero-order valence-electron chi connectivity index (χ0n) is 16.7. The lowest BCUT2D eigenvalue weighted by molar-refractivity contribution is 0.0773. The van der Waals surface area contributed by atoms with Crippen LogP contribution in [0.2, 0.25) is 0 Å². The molecule has 2 aromatic carbocycles. The number of urea groups is 1. The Morgan fingerprint density at radius 3 is 2.36 bits per heavy atom. The summed E-state index contributed by atoms with van der Waals surface area (Å²) in [6.07, 6.45) is 1.000. The minimum absolute atomic E-state index is 0.0262. The van der Waals surface area contributed by atoms with Gasteiger partial charge in [0.15, 0.2) is 0 Å². The Kier molecular flexibility index (Phi) is 6.69. The summed E-state index contributed by atoms with van der Waals surface area (Å²) in [6.45, 7) is 7.36. The van der Waals surface area contributed by atoms with Crippen LogP contribution >= 0.6 is 0 Å². The van der Waals surface area contributed by atoms with Crippen LogP contribution in [0.3, 0.4) is 0 Å². The highest BCUT2D eigenvalue weighted by Gasteiger charge is 2.26. The predicted molar refractivity (Wildman–Crippen MR) is 111 cm³/mol. The molecule has 1 atom stereocenters. The van der Waals surface area contributed by atoms with E-state index in [1.807, 2.05) is 61.2 Å². The third-order valence-corrected chi connectivity index (χ3v) is 5.44. The summed E-state index contributed by atoms with van der Waals surface area (Å²) in [5.41, 5.74) is 2.97. The second-order valence-electron chi connectivity index (χ2n) is 7.18. The summed E-state index contributed by atoms with van der Waals surface area (Å²) in [5, 5.41) is 3.00. The molecule has 3 amide bonds. The van der Waals surface area contributed by atoms with Gasteiger partial charge in [0, 0.05) is 44.2 Å². The zero-order chi connectivity index (χ0) is 19.9. The Balaban J connectivity index is 1.50. The number of carbonyl (C=O) groups is 2. The van der Waals surface area contributed by atoms with Crippen molar-refractivity contribution in [1.29, 1.82) is 0 Å². The van der Waals surface area contributed by atoms with E-state index in [2.05, 4.69) is 17.4 Å².